The monoisotopic (exact) mass is 389 g/mol. The maximum atomic E-state index is 12.7. The van der Waals surface area contributed by atoms with E-state index in [1.165, 1.54) is 33.3 Å². The maximum Gasteiger partial charge on any atom is 0.220 e. The molecule has 1 atom stereocenters. The lowest BCUT2D eigenvalue weighted by Gasteiger charge is -2.17. The molecule has 7 heteroatoms. The molecule has 1 amide bonds. The molecule has 0 fully saturated rings. The zero-order valence-corrected chi connectivity index (χ0v) is 15.8. The number of fused-ring (bicyclic) bond motifs is 3. The SMILES string of the molecule is [2H][13C]([2H])([2H])Oc1ccc2c(cc1=O)C(NC(C)=O)CCc1c-2cc(OC)c(OC)c1O. The van der Waals surface area contributed by atoms with E-state index in [1.807, 2.05) is 0 Å². The van der Waals surface area contributed by atoms with Crippen molar-refractivity contribution in [2.75, 3.05) is 21.3 Å². The Bertz CT molecular complexity index is 1080. The lowest BCUT2D eigenvalue weighted by molar-refractivity contribution is -0.119. The van der Waals surface area contributed by atoms with Gasteiger partial charge in [0.15, 0.2) is 17.2 Å². The zero-order chi connectivity index (χ0) is 22.9. The highest BCUT2D eigenvalue weighted by molar-refractivity contribution is 5.80. The van der Waals surface area contributed by atoms with Gasteiger partial charge in [-0.15, -0.1) is 0 Å². The molecule has 1 aliphatic carbocycles. The molecule has 7 nitrogen and oxygen atoms in total. The molecule has 3 rings (SSSR count). The minimum Gasteiger partial charge on any atom is -0.504 e. The number of phenols is 1. The first-order valence-electron chi connectivity index (χ1n) is 10.2. The third-order valence-corrected chi connectivity index (χ3v) is 4.83. The largest absolute Gasteiger partial charge is 0.504 e. The first-order valence-corrected chi connectivity index (χ1v) is 8.67. The smallest absolute Gasteiger partial charge is 0.220 e. The lowest BCUT2D eigenvalue weighted by atomic mass is 9.96. The van der Waals surface area contributed by atoms with Gasteiger partial charge in [0.25, 0.3) is 0 Å². The number of hydrogen-bond acceptors (Lipinski definition) is 6. The number of amides is 1. The van der Waals surface area contributed by atoms with Crippen molar-refractivity contribution in [3.63, 3.8) is 0 Å². The number of ether oxygens (including phenoxy) is 3. The Morgan fingerprint density at radius 3 is 2.61 bits per heavy atom. The molecule has 0 saturated carbocycles. The number of hydrogen-bond donors (Lipinski definition) is 2. The fraction of sp³-hybridized carbons (Fsp3) is 0.333. The second-order valence-electron chi connectivity index (χ2n) is 6.46. The first kappa shape index (κ1) is 15.8. The van der Waals surface area contributed by atoms with Crippen molar-refractivity contribution in [3.8, 4) is 34.1 Å². The summed E-state index contributed by atoms with van der Waals surface area (Å²) in [7, 11) is 0.0516. The summed E-state index contributed by atoms with van der Waals surface area (Å²) < 4.78 is 37.4. The minimum atomic E-state index is -2.80. The lowest BCUT2D eigenvalue weighted by Crippen LogP contribution is -2.26. The molecule has 0 aliphatic heterocycles. The molecule has 148 valence electrons. The van der Waals surface area contributed by atoms with Gasteiger partial charge < -0.3 is 24.6 Å². The van der Waals surface area contributed by atoms with E-state index in [2.05, 4.69) is 5.32 Å². The average molecular weight is 389 g/mol. The topological polar surface area (TPSA) is 94.1 Å². The van der Waals surface area contributed by atoms with E-state index in [4.69, 9.17) is 18.3 Å². The molecule has 0 bridgehead atoms. The van der Waals surface area contributed by atoms with E-state index >= 15 is 0 Å². The second kappa shape index (κ2) is 7.80. The molecule has 1 aliphatic rings. The normalized spacial score (nSPS) is 17.0. The van der Waals surface area contributed by atoms with Gasteiger partial charge in [0, 0.05) is 12.5 Å². The third-order valence-electron chi connectivity index (χ3n) is 4.83. The summed E-state index contributed by atoms with van der Waals surface area (Å²) in [5.41, 5.74) is 1.50. The van der Waals surface area contributed by atoms with Crippen molar-refractivity contribution in [1.29, 1.82) is 0 Å². The van der Waals surface area contributed by atoms with E-state index < -0.39 is 18.5 Å². The van der Waals surface area contributed by atoms with Crippen LogP contribution in [0.15, 0.2) is 29.1 Å². The van der Waals surface area contributed by atoms with Crippen molar-refractivity contribution in [1.82, 2.24) is 5.32 Å². The molecule has 2 N–H and O–H groups in total. The third kappa shape index (κ3) is 3.35. The van der Waals surface area contributed by atoms with Crippen molar-refractivity contribution in [2.24, 2.45) is 0 Å². The summed E-state index contributed by atoms with van der Waals surface area (Å²) in [6.45, 7) is 1.37. The summed E-state index contributed by atoms with van der Waals surface area (Å²) in [6, 6.07) is 5.22. The predicted molar refractivity (Wildman–Crippen MR) is 104 cm³/mol. The average Bonchev–Trinajstić information content (AvgIpc) is 2.91. The number of phenolic OH excluding ortho intramolecular Hbond substituents is 1. The zero-order valence-electron chi connectivity index (χ0n) is 18.8. The van der Waals surface area contributed by atoms with Crippen LogP contribution >= 0.6 is 0 Å². The molecule has 0 heterocycles. The van der Waals surface area contributed by atoms with Crippen molar-refractivity contribution in [2.45, 2.75) is 25.8 Å². The standard InChI is InChI=1S/C21H23NO6/c1-11(23)22-16-7-5-13-14(10-19(27-3)21(28-4)20(13)25)12-6-8-18(26-2)17(24)9-15(12)16/h6,8-10,16,25H,5,7H2,1-4H3,(H,22,23)/i2+1D3. The fourth-order valence-corrected chi connectivity index (χ4v) is 3.59. The van der Waals surface area contributed by atoms with Crippen LogP contribution in [0.5, 0.6) is 23.0 Å². The number of carbonyl (C=O) groups is 1. The highest BCUT2D eigenvalue weighted by Crippen LogP contribution is 2.48. The molecule has 0 saturated heterocycles. The van der Waals surface area contributed by atoms with Gasteiger partial charge in [-0.2, -0.15) is 0 Å². The second-order valence-corrected chi connectivity index (χ2v) is 6.46. The number of nitrogens with one attached hydrogen (secondary N) is 1. The molecule has 0 radical (unpaired) electrons. The van der Waals surface area contributed by atoms with E-state index in [-0.39, 0.29) is 28.9 Å². The van der Waals surface area contributed by atoms with Gasteiger partial charge in [0.05, 0.1) is 31.4 Å². The van der Waals surface area contributed by atoms with Crippen LogP contribution in [0.25, 0.3) is 11.1 Å². The van der Waals surface area contributed by atoms with E-state index in [0.29, 0.717) is 35.1 Å². The highest BCUT2D eigenvalue weighted by atomic mass is 16.5. The Morgan fingerprint density at radius 1 is 1.18 bits per heavy atom. The molecule has 2 aromatic carbocycles. The van der Waals surface area contributed by atoms with Crippen LogP contribution in [-0.2, 0) is 11.2 Å². The summed E-state index contributed by atoms with van der Waals surface area (Å²) >= 11 is 0. The number of aromatic hydroxyl groups is 1. The van der Waals surface area contributed by atoms with Gasteiger partial charge in [-0.05, 0) is 47.7 Å². The summed E-state index contributed by atoms with van der Waals surface area (Å²) in [6.07, 6.45) is 0.777. The van der Waals surface area contributed by atoms with Gasteiger partial charge in [0.1, 0.15) is 0 Å². The number of methoxy groups -OCH3 is 3. The Morgan fingerprint density at radius 2 is 1.96 bits per heavy atom. The van der Waals surface area contributed by atoms with Crippen LogP contribution in [0.2, 0.25) is 0 Å². The molecule has 0 aromatic heterocycles. The van der Waals surface area contributed by atoms with Crippen LogP contribution in [0, 0.1) is 0 Å². The molecular weight excluding hydrogens is 363 g/mol. The molecule has 2 aromatic rings. The number of carbonyl (C=O) groups excluding carboxylic acids is 1. The fourth-order valence-electron chi connectivity index (χ4n) is 3.59. The van der Waals surface area contributed by atoms with Crippen molar-refractivity contribution in [3.05, 3.63) is 45.6 Å². The quantitative estimate of drug-likeness (QED) is 0.781. The van der Waals surface area contributed by atoms with Gasteiger partial charge >= 0.3 is 0 Å². The summed E-state index contributed by atoms with van der Waals surface area (Å²) in [4.78, 5) is 24.5. The van der Waals surface area contributed by atoms with Gasteiger partial charge in [-0.25, -0.2) is 0 Å². The van der Waals surface area contributed by atoms with Crippen LogP contribution < -0.4 is 25.0 Å². The highest BCUT2D eigenvalue weighted by Gasteiger charge is 2.28. The molecule has 1 unspecified atom stereocenters. The van der Waals surface area contributed by atoms with Crippen LogP contribution in [0.1, 0.15) is 34.6 Å². The number of rotatable bonds is 4. The van der Waals surface area contributed by atoms with Crippen LogP contribution in [0.3, 0.4) is 0 Å². The van der Waals surface area contributed by atoms with Crippen molar-refractivity contribution < 1.29 is 28.2 Å². The van der Waals surface area contributed by atoms with E-state index in [1.54, 1.807) is 12.1 Å². The number of benzene rings is 1. The summed E-state index contributed by atoms with van der Waals surface area (Å²) in [5.74, 6) is -0.272. The molecular formula is C21H23NO6. The minimum absolute atomic E-state index is 0.0981. The molecule has 28 heavy (non-hydrogen) atoms. The Hall–Kier alpha value is -3.22. The van der Waals surface area contributed by atoms with Crippen LogP contribution in [0.4, 0.5) is 0 Å². The first-order chi connectivity index (χ1) is 14.6. The predicted octanol–water partition coefficient (Wildman–Crippen LogP) is 2.57. The van der Waals surface area contributed by atoms with Crippen molar-refractivity contribution >= 4 is 5.91 Å². The molecule has 0 spiro atoms. The van der Waals surface area contributed by atoms with Gasteiger partial charge in [0.2, 0.25) is 17.1 Å². The van der Waals surface area contributed by atoms with Gasteiger partial charge in [-0.1, -0.05) is 6.07 Å². The Kier molecular flexibility index (Phi) is 4.40. The van der Waals surface area contributed by atoms with E-state index in [9.17, 15) is 14.7 Å². The maximum absolute atomic E-state index is 12.7. The van der Waals surface area contributed by atoms with E-state index in [0.717, 1.165) is 0 Å². The van der Waals surface area contributed by atoms with Gasteiger partial charge in [-0.3, -0.25) is 9.59 Å². The Labute approximate surface area is 167 Å². The Balaban J connectivity index is 2.34. The van der Waals surface area contributed by atoms with Crippen LogP contribution in [-0.4, -0.2) is 32.3 Å². The summed E-state index contributed by atoms with van der Waals surface area (Å²) in [5, 5.41) is 13.7.